The molecule has 0 saturated heterocycles. The van der Waals surface area contributed by atoms with Crippen LogP contribution in [0, 0.1) is 0 Å². The summed E-state index contributed by atoms with van der Waals surface area (Å²) in [7, 11) is -3.61. The first-order valence-electron chi connectivity index (χ1n) is 12.8. The molecular weight excluding hydrogens is 597 g/mol. The molecule has 1 aliphatic heterocycles. The number of nitrogens with one attached hydrogen (secondary N) is 3. The topological polar surface area (TPSA) is 164 Å². The van der Waals surface area contributed by atoms with E-state index in [1.54, 1.807) is 41.3 Å². The van der Waals surface area contributed by atoms with Crippen LogP contribution < -0.4 is 16.0 Å². The Morgan fingerprint density at radius 1 is 1.15 bits per heavy atom. The second-order valence-corrected chi connectivity index (χ2v) is 12.7. The minimum absolute atomic E-state index is 0.0605. The van der Waals surface area contributed by atoms with E-state index in [1.165, 1.54) is 6.07 Å². The van der Waals surface area contributed by atoms with E-state index in [2.05, 4.69) is 24.9 Å². The van der Waals surface area contributed by atoms with E-state index in [0.717, 1.165) is 19.1 Å². The van der Waals surface area contributed by atoms with Crippen LogP contribution in [0.5, 0.6) is 0 Å². The van der Waals surface area contributed by atoms with Gasteiger partial charge in [0, 0.05) is 27.7 Å². The Balaban J connectivity index is 1.60. The number of carbonyl (C=O) groups excluding carboxylic acids is 2. The number of nitrogens with zero attached hydrogens (tertiary/aromatic N) is 2. The number of hydroxylamine groups is 1. The van der Waals surface area contributed by atoms with Crippen LogP contribution in [-0.4, -0.2) is 53.6 Å². The highest BCUT2D eigenvalue weighted by Crippen LogP contribution is 2.47. The quantitative estimate of drug-likeness (QED) is 0.322. The fraction of sp³-hybridized carbons (Fsp3) is 0.385. The van der Waals surface area contributed by atoms with Gasteiger partial charge in [0.05, 0.1) is 18.2 Å². The monoisotopic (exact) mass is 623 g/mol. The highest BCUT2D eigenvalue weighted by Gasteiger charge is 2.49. The molecule has 1 aliphatic carbocycles. The van der Waals surface area contributed by atoms with Crippen molar-refractivity contribution in [1.29, 1.82) is 0 Å². The molecule has 0 spiro atoms. The van der Waals surface area contributed by atoms with Crippen LogP contribution in [0.15, 0.2) is 51.8 Å². The SMILES string of the molecule is CS(=O)(=O)N[C@H]1CCCC[C@@H]1N1C(=O)c2ccccc2[C@@H](C(=O)NOCc2noc(=O)[nH]2)[C@@H]1c1ccc(Cl)cc1Cl. The lowest BCUT2D eigenvalue weighted by Gasteiger charge is -2.49. The zero-order valence-corrected chi connectivity index (χ0v) is 24.1. The van der Waals surface area contributed by atoms with Crippen molar-refractivity contribution in [3.05, 3.63) is 85.6 Å². The van der Waals surface area contributed by atoms with E-state index in [4.69, 9.17) is 28.0 Å². The van der Waals surface area contributed by atoms with E-state index >= 15 is 0 Å². The number of fused-ring (bicyclic) bond motifs is 1. The van der Waals surface area contributed by atoms with Gasteiger partial charge >= 0.3 is 5.76 Å². The van der Waals surface area contributed by atoms with Gasteiger partial charge in [-0.15, -0.1) is 0 Å². The second-order valence-electron chi connectivity index (χ2n) is 10.0. The fourth-order valence-corrected chi connectivity index (χ4v) is 7.03. The van der Waals surface area contributed by atoms with Gasteiger partial charge < -0.3 is 4.90 Å². The zero-order valence-electron chi connectivity index (χ0n) is 21.8. The normalized spacial score (nSPS) is 22.8. The van der Waals surface area contributed by atoms with Gasteiger partial charge in [-0.1, -0.05) is 65.5 Å². The number of amides is 2. The van der Waals surface area contributed by atoms with E-state index in [0.29, 0.717) is 34.6 Å². The smallest absolute Gasteiger partial charge is 0.326 e. The number of H-pyrrole nitrogens is 1. The average molecular weight is 625 g/mol. The Hall–Kier alpha value is -3.23. The maximum atomic E-state index is 14.2. The molecule has 1 aromatic heterocycles. The largest absolute Gasteiger partial charge is 0.438 e. The molecular formula is C26H27Cl2N5O7S. The summed E-state index contributed by atoms with van der Waals surface area (Å²) < 4.78 is 31.7. The molecule has 218 valence electrons. The lowest BCUT2D eigenvalue weighted by molar-refractivity contribution is -0.138. The average Bonchev–Trinajstić information content (AvgIpc) is 3.33. The third-order valence-electron chi connectivity index (χ3n) is 7.26. The number of carbonyl (C=O) groups is 2. The van der Waals surface area contributed by atoms with Gasteiger partial charge in [-0.25, -0.2) is 23.4 Å². The molecule has 0 bridgehead atoms. The van der Waals surface area contributed by atoms with Crippen LogP contribution in [0.1, 0.15) is 65.0 Å². The molecule has 1 fully saturated rings. The molecule has 0 radical (unpaired) electrons. The molecule has 2 aromatic carbocycles. The Morgan fingerprint density at radius 3 is 2.61 bits per heavy atom. The highest BCUT2D eigenvalue weighted by molar-refractivity contribution is 7.88. The van der Waals surface area contributed by atoms with Crippen molar-refractivity contribution in [1.82, 2.24) is 25.2 Å². The van der Waals surface area contributed by atoms with Crippen LogP contribution in [0.3, 0.4) is 0 Å². The Labute approximate surface area is 245 Å². The number of aromatic nitrogens is 2. The van der Waals surface area contributed by atoms with Crippen LogP contribution in [0.2, 0.25) is 10.0 Å². The van der Waals surface area contributed by atoms with Gasteiger partial charge in [0.1, 0.15) is 6.61 Å². The van der Waals surface area contributed by atoms with Crippen LogP contribution in [-0.2, 0) is 26.3 Å². The van der Waals surface area contributed by atoms with Gasteiger partial charge in [-0.3, -0.25) is 23.9 Å². The molecule has 2 heterocycles. The first-order valence-corrected chi connectivity index (χ1v) is 15.5. The fourth-order valence-electron chi connectivity index (χ4n) is 5.69. The van der Waals surface area contributed by atoms with Crippen molar-refractivity contribution in [2.75, 3.05) is 6.26 Å². The van der Waals surface area contributed by atoms with Gasteiger partial charge in [0.15, 0.2) is 5.82 Å². The summed E-state index contributed by atoms with van der Waals surface area (Å²) in [6.07, 6.45) is 3.63. The van der Waals surface area contributed by atoms with Gasteiger partial charge in [-0.05, 0) is 42.2 Å². The number of rotatable bonds is 8. The van der Waals surface area contributed by atoms with Crippen LogP contribution in [0.4, 0.5) is 0 Å². The summed E-state index contributed by atoms with van der Waals surface area (Å²) >= 11 is 12.9. The standard InChI is InChI=1S/C26H27Cl2N5O7S/c1-41(37,38)32-19-8-4-5-9-20(19)33-23(17-11-10-14(27)12-18(17)28)22(15-6-2-3-7-16(15)25(33)35)24(34)31-39-13-21-29-26(36)40-30-21/h2-3,6-7,10-12,19-20,22-23,32H,4-5,8-9,13H2,1H3,(H,31,34)(H,29,30,36)/t19-,20-,22+,23-/m0/s1. The van der Waals surface area contributed by atoms with Crippen molar-refractivity contribution >= 4 is 45.0 Å². The number of hydrogen-bond donors (Lipinski definition) is 3. The third kappa shape index (κ3) is 6.33. The number of aromatic amines is 1. The molecule has 3 N–H and O–H groups in total. The summed E-state index contributed by atoms with van der Waals surface area (Å²) in [5, 5.41) is 4.11. The predicted molar refractivity (Wildman–Crippen MR) is 149 cm³/mol. The first kappa shape index (κ1) is 29.3. The maximum absolute atomic E-state index is 14.2. The molecule has 15 heteroatoms. The first-order chi connectivity index (χ1) is 19.5. The summed E-state index contributed by atoms with van der Waals surface area (Å²) in [4.78, 5) is 48.6. The molecule has 0 unspecified atom stereocenters. The van der Waals surface area contributed by atoms with E-state index in [1.807, 2.05) is 0 Å². The summed E-state index contributed by atoms with van der Waals surface area (Å²) in [5.41, 5.74) is 3.62. The Bertz CT molecular complexity index is 1630. The molecule has 41 heavy (non-hydrogen) atoms. The second kappa shape index (κ2) is 11.9. The summed E-state index contributed by atoms with van der Waals surface area (Å²) in [6.45, 7) is -0.288. The molecule has 12 nitrogen and oxygen atoms in total. The summed E-state index contributed by atoms with van der Waals surface area (Å²) in [5.74, 6) is -2.67. The molecule has 4 atom stereocenters. The Morgan fingerprint density at radius 2 is 1.90 bits per heavy atom. The highest BCUT2D eigenvalue weighted by atomic mass is 35.5. The van der Waals surface area contributed by atoms with Gasteiger partial charge in [-0.2, -0.15) is 0 Å². The van der Waals surface area contributed by atoms with Gasteiger partial charge in [0.2, 0.25) is 10.0 Å². The number of hydrogen-bond acceptors (Lipinski definition) is 8. The maximum Gasteiger partial charge on any atom is 0.438 e. The molecule has 1 saturated carbocycles. The third-order valence-corrected chi connectivity index (χ3v) is 8.55. The molecule has 2 amide bonds. The zero-order chi connectivity index (χ0) is 29.3. The van der Waals surface area contributed by atoms with Crippen molar-refractivity contribution in [2.24, 2.45) is 0 Å². The van der Waals surface area contributed by atoms with Crippen LogP contribution in [0.25, 0.3) is 0 Å². The summed E-state index contributed by atoms with van der Waals surface area (Å²) in [6, 6.07) is 9.45. The van der Waals surface area contributed by atoms with E-state index in [9.17, 15) is 22.8 Å². The van der Waals surface area contributed by atoms with Crippen molar-refractivity contribution < 1.29 is 27.4 Å². The van der Waals surface area contributed by atoms with Crippen LogP contribution >= 0.6 is 23.2 Å². The van der Waals surface area contributed by atoms with Crippen molar-refractivity contribution in [3.63, 3.8) is 0 Å². The van der Waals surface area contributed by atoms with Crippen molar-refractivity contribution in [3.8, 4) is 0 Å². The van der Waals surface area contributed by atoms with E-state index in [-0.39, 0.29) is 23.4 Å². The Kier molecular flexibility index (Phi) is 8.52. The number of halogens is 2. The minimum Gasteiger partial charge on any atom is -0.326 e. The van der Waals surface area contributed by atoms with Gasteiger partial charge in [0.25, 0.3) is 11.8 Å². The number of sulfonamides is 1. The molecule has 2 aliphatic rings. The minimum atomic E-state index is -3.61. The molecule has 3 aromatic rings. The predicted octanol–water partition coefficient (Wildman–Crippen LogP) is 3.06. The van der Waals surface area contributed by atoms with E-state index < -0.39 is 45.7 Å². The lowest BCUT2D eigenvalue weighted by atomic mass is 9.76. The number of benzene rings is 2. The molecule has 5 rings (SSSR count). The van der Waals surface area contributed by atoms with Crippen molar-refractivity contribution in [2.45, 2.75) is 56.3 Å². The lowest BCUT2D eigenvalue weighted by Crippen LogP contribution is -2.59.